The standard InChI is InChI=1S/C21H24FNO5S/c1-3-29(25,26)28-20-12-16(10-11-19(20)27-2)14-23(13-15-8-9-15)21(24)17-6-4-5-7-18(17)22/h4-7,10-12,15H,3,8-9,13-14H2,1-2H3. The van der Waals surface area contributed by atoms with E-state index in [9.17, 15) is 17.6 Å². The zero-order valence-electron chi connectivity index (χ0n) is 16.4. The van der Waals surface area contributed by atoms with E-state index in [1.807, 2.05) is 0 Å². The largest absolute Gasteiger partial charge is 0.493 e. The number of methoxy groups -OCH3 is 1. The molecule has 1 aliphatic carbocycles. The molecule has 0 unspecified atom stereocenters. The molecule has 0 aliphatic heterocycles. The Hall–Kier alpha value is -2.61. The average Bonchev–Trinajstić information content (AvgIpc) is 3.51. The van der Waals surface area contributed by atoms with E-state index >= 15 is 0 Å². The van der Waals surface area contributed by atoms with Crippen molar-refractivity contribution >= 4 is 16.0 Å². The first kappa shape index (κ1) is 21.1. The lowest BCUT2D eigenvalue weighted by Gasteiger charge is -2.23. The zero-order chi connectivity index (χ0) is 21.0. The monoisotopic (exact) mass is 421 g/mol. The van der Waals surface area contributed by atoms with E-state index in [1.54, 1.807) is 35.2 Å². The predicted octanol–water partition coefficient (Wildman–Crippen LogP) is 3.62. The molecule has 1 fully saturated rings. The van der Waals surface area contributed by atoms with Crippen LogP contribution in [0.15, 0.2) is 42.5 Å². The fourth-order valence-electron chi connectivity index (χ4n) is 2.94. The summed E-state index contributed by atoms with van der Waals surface area (Å²) in [4.78, 5) is 14.5. The summed E-state index contributed by atoms with van der Waals surface area (Å²) in [5, 5.41) is 0. The molecule has 8 heteroatoms. The van der Waals surface area contributed by atoms with Crippen molar-refractivity contribution in [2.45, 2.75) is 26.3 Å². The predicted molar refractivity (Wildman–Crippen MR) is 107 cm³/mol. The molecule has 3 rings (SSSR count). The summed E-state index contributed by atoms with van der Waals surface area (Å²) in [6.07, 6.45) is 2.07. The molecule has 0 atom stereocenters. The number of benzene rings is 2. The number of hydrogen-bond acceptors (Lipinski definition) is 5. The minimum Gasteiger partial charge on any atom is -0.493 e. The van der Waals surface area contributed by atoms with Crippen molar-refractivity contribution in [2.75, 3.05) is 19.4 Å². The maximum atomic E-state index is 14.1. The Balaban J connectivity index is 1.87. The molecule has 2 aromatic carbocycles. The van der Waals surface area contributed by atoms with Gasteiger partial charge in [0.25, 0.3) is 5.91 Å². The molecule has 0 heterocycles. The molecule has 0 spiro atoms. The second kappa shape index (κ2) is 8.82. The van der Waals surface area contributed by atoms with E-state index in [2.05, 4.69) is 0 Å². The number of ether oxygens (including phenoxy) is 1. The highest BCUT2D eigenvalue weighted by Gasteiger charge is 2.28. The van der Waals surface area contributed by atoms with Crippen molar-refractivity contribution in [1.29, 1.82) is 0 Å². The average molecular weight is 421 g/mol. The Kier molecular flexibility index (Phi) is 6.42. The van der Waals surface area contributed by atoms with Crippen molar-refractivity contribution in [3.05, 3.63) is 59.4 Å². The van der Waals surface area contributed by atoms with Crippen LogP contribution < -0.4 is 8.92 Å². The first-order valence-electron chi connectivity index (χ1n) is 9.46. The second-order valence-corrected chi connectivity index (χ2v) is 8.88. The molecule has 0 aromatic heterocycles. The molecule has 1 aliphatic rings. The fourth-order valence-corrected chi connectivity index (χ4v) is 3.46. The van der Waals surface area contributed by atoms with E-state index < -0.39 is 21.8 Å². The number of halogens is 1. The fraction of sp³-hybridized carbons (Fsp3) is 0.381. The number of amides is 1. The van der Waals surface area contributed by atoms with Crippen LogP contribution in [0.2, 0.25) is 0 Å². The van der Waals surface area contributed by atoms with Gasteiger partial charge in [-0.2, -0.15) is 8.42 Å². The number of hydrogen-bond donors (Lipinski definition) is 0. The van der Waals surface area contributed by atoms with Crippen LogP contribution in [0.1, 0.15) is 35.7 Å². The van der Waals surface area contributed by atoms with Crippen LogP contribution in [0.5, 0.6) is 11.5 Å². The van der Waals surface area contributed by atoms with Gasteiger partial charge in [0.1, 0.15) is 5.82 Å². The third-order valence-electron chi connectivity index (χ3n) is 4.74. The molecule has 6 nitrogen and oxygen atoms in total. The van der Waals surface area contributed by atoms with Gasteiger partial charge >= 0.3 is 10.1 Å². The molecule has 29 heavy (non-hydrogen) atoms. The van der Waals surface area contributed by atoms with Gasteiger partial charge in [-0.25, -0.2) is 4.39 Å². The summed E-state index contributed by atoms with van der Waals surface area (Å²) < 4.78 is 48.2. The van der Waals surface area contributed by atoms with E-state index in [1.165, 1.54) is 26.2 Å². The van der Waals surface area contributed by atoms with Gasteiger partial charge in [0.2, 0.25) is 0 Å². The van der Waals surface area contributed by atoms with E-state index in [4.69, 9.17) is 8.92 Å². The first-order chi connectivity index (χ1) is 13.8. The van der Waals surface area contributed by atoms with Gasteiger partial charge in [0.15, 0.2) is 11.5 Å². The molecule has 2 aromatic rings. The summed E-state index contributed by atoms with van der Waals surface area (Å²) in [7, 11) is -2.32. The van der Waals surface area contributed by atoms with Crippen molar-refractivity contribution in [1.82, 2.24) is 4.90 Å². The van der Waals surface area contributed by atoms with Crippen molar-refractivity contribution in [3.63, 3.8) is 0 Å². The maximum Gasteiger partial charge on any atom is 0.309 e. The smallest absolute Gasteiger partial charge is 0.309 e. The lowest BCUT2D eigenvalue weighted by molar-refractivity contribution is 0.0730. The summed E-state index contributed by atoms with van der Waals surface area (Å²) in [5.41, 5.74) is 0.684. The molecule has 0 N–H and O–H groups in total. The normalized spacial score (nSPS) is 13.8. The molecular formula is C21H24FNO5S. The molecular weight excluding hydrogens is 397 g/mol. The minimum absolute atomic E-state index is 0.0201. The van der Waals surface area contributed by atoms with Crippen LogP contribution in [0.4, 0.5) is 4.39 Å². The second-order valence-electron chi connectivity index (χ2n) is 7.02. The van der Waals surface area contributed by atoms with Gasteiger partial charge in [0.05, 0.1) is 18.4 Å². The molecule has 0 radical (unpaired) electrons. The van der Waals surface area contributed by atoms with E-state index in [-0.39, 0.29) is 29.4 Å². The zero-order valence-corrected chi connectivity index (χ0v) is 17.2. The third-order valence-corrected chi connectivity index (χ3v) is 5.88. The summed E-state index contributed by atoms with van der Waals surface area (Å²) in [6, 6.07) is 10.8. The van der Waals surface area contributed by atoms with E-state index in [0.29, 0.717) is 18.0 Å². The van der Waals surface area contributed by atoms with Crippen molar-refractivity contribution in [2.24, 2.45) is 5.92 Å². The minimum atomic E-state index is -3.73. The lowest BCUT2D eigenvalue weighted by atomic mass is 10.1. The van der Waals surface area contributed by atoms with Gasteiger partial charge in [-0.15, -0.1) is 0 Å². The van der Waals surface area contributed by atoms with Crippen LogP contribution in [0.25, 0.3) is 0 Å². The summed E-state index contributed by atoms with van der Waals surface area (Å²) in [5.74, 6) is -0.391. The van der Waals surface area contributed by atoms with Crippen LogP contribution in [-0.4, -0.2) is 38.6 Å². The lowest BCUT2D eigenvalue weighted by Crippen LogP contribution is -2.33. The Morgan fingerprint density at radius 2 is 1.90 bits per heavy atom. The number of nitrogens with zero attached hydrogens (tertiary/aromatic N) is 1. The number of carbonyl (C=O) groups excluding carboxylic acids is 1. The Morgan fingerprint density at radius 3 is 2.52 bits per heavy atom. The summed E-state index contributed by atoms with van der Waals surface area (Å²) in [6.45, 7) is 2.20. The Morgan fingerprint density at radius 1 is 1.17 bits per heavy atom. The maximum absolute atomic E-state index is 14.1. The van der Waals surface area contributed by atoms with Gasteiger partial charge in [-0.05, 0) is 55.5 Å². The molecule has 1 saturated carbocycles. The van der Waals surface area contributed by atoms with Gasteiger partial charge in [0, 0.05) is 13.1 Å². The number of rotatable bonds is 9. The highest BCUT2D eigenvalue weighted by atomic mass is 32.2. The van der Waals surface area contributed by atoms with Crippen molar-refractivity contribution in [3.8, 4) is 11.5 Å². The van der Waals surface area contributed by atoms with Crippen LogP contribution in [0, 0.1) is 11.7 Å². The molecule has 0 saturated heterocycles. The highest BCUT2D eigenvalue weighted by Crippen LogP contribution is 2.33. The third kappa shape index (κ3) is 5.47. The molecule has 0 bridgehead atoms. The van der Waals surface area contributed by atoms with Gasteiger partial charge in [-0.3, -0.25) is 4.79 Å². The molecule has 156 valence electrons. The Labute approximate surface area is 170 Å². The Bertz CT molecular complexity index is 988. The van der Waals surface area contributed by atoms with Crippen molar-refractivity contribution < 1.29 is 26.5 Å². The highest BCUT2D eigenvalue weighted by molar-refractivity contribution is 7.87. The quantitative estimate of drug-likeness (QED) is 0.579. The van der Waals surface area contributed by atoms with Crippen LogP contribution in [-0.2, 0) is 16.7 Å². The molecule has 1 amide bonds. The van der Waals surface area contributed by atoms with E-state index in [0.717, 1.165) is 12.8 Å². The summed E-state index contributed by atoms with van der Waals surface area (Å²) >= 11 is 0. The van der Waals surface area contributed by atoms with Gasteiger partial charge in [-0.1, -0.05) is 18.2 Å². The van der Waals surface area contributed by atoms with Crippen LogP contribution in [0.3, 0.4) is 0 Å². The van der Waals surface area contributed by atoms with Crippen LogP contribution >= 0.6 is 0 Å². The first-order valence-corrected chi connectivity index (χ1v) is 11.0. The SMILES string of the molecule is CCS(=O)(=O)Oc1cc(CN(CC2CC2)C(=O)c2ccccc2F)ccc1OC. The topological polar surface area (TPSA) is 72.9 Å². The van der Waals surface area contributed by atoms with Gasteiger partial charge < -0.3 is 13.8 Å². The number of carbonyl (C=O) groups is 1.